The second kappa shape index (κ2) is 20.0. The van der Waals surface area contributed by atoms with Gasteiger partial charge in [-0.2, -0.15) is 4.31 Å². The largest absolute Gasteiger partial charge is 0.502 e. The first kappa shape index (κ1) is 47.7. The molecule has 2 amide bonds. The van der Waals surface area contributed by atoms with Crippen molar-refractivity contribution in [2.24, 2.45) is 0 Å². The van der Waals surface area contributed by atoms with Gasteiger partial charge in [0.15, 0.2) is 18.3 Å². The standard InChI is InChI=1S/C30H43N5O22P2/c1-2-7-31-27(45)15(8-13-3-5-17(37)16(9-13)35(47)48)32-20(38)6-4-14-10-34(30(46)33-26(14)44)28-24(42)22(40)19(54-28)12-53-58(49,50)57-59(51,52)56-29-25(43)23(41)21(39)18(11-36)55-29/h3,5,9-10,15,18-19,21-25,28-29,36-37,39-43H,2,4,6-8,11-12H2,1H3,(H,31,45)(H,32,38)(H,49,50)(H,51,52)(H,33,44,46)/t15?,18-,19-,21+,22-,23+,24-,25-,28-,29-/m1/s1. The van der Waals surface area contributed by atoms with E-state index in [-0.39, 0.29) is 30.5 Å². The quantitative estimate of drug-likeness (QED) is 0.0363. The van der Waals surface area contributed by atoms with Gasteiger partial charge in [0.1, 0.15) is 48.8 Å². The highest BCUT2D eigenvalue weighted by Crippen LogP contribution is 2.61. The van der Waals surface area contributed by atoms with Crippen LogP contribution in [0.2, 0.25) is 0 Å². The molecule has 0 saturated carbocycles. The van der Waals surface area contributed by atoms with E-state index >= 15 is 0 Å². The average molecular weight is 888 g/mol. The zero-order chi connectivity index (χ0) is 44.0. The number of amides is 2. The van der Waals surface area contributed by atoms with Crippen LogP contribution < -0.4 is 21.9 Å². The molecule has 2 aromatic rings. The predicted octanol–water partition coefficient (Wildman–Crippen LogP) is -3.99. The minimum Gasteiger partial charge on any atom is -0.502 e. The minimum atomic E-state index is -5.73. The smallest absolute Gasteiger partial charge is 0.483 e. The van der Waals surface area contributed by atoms with Gasteiger partial charge in [-0.25, -0.2) is 13.9 Å². The van der Waals surface area contributed by atoms with Crippen LogP contribution in [-0.2, 0) is 54.4 Å². The van der Waals surface area contributed by atoms with Gasteiger partial charge in [-0.05, 0) is 24.5 Å². The number of carbonyl (C=O) groups is 2. The van der Waals surface area contributed by atoms with Crippen molar-refractivity contribution in [1.29, 1.82) is 0 Å². The third kappa shape index (κ3) is 12.3. The molecule has 29 heteroatoms. The number of nitrogens with zero attached hydrogens (tertiary/aromatic N) is 2. The highest BCUT2D eigenvalue weighted by atomic mass is 31.3. The minimum absolute atomic E-state index is 0.222. The second-order valence-electron chi connectivity index (χ2n) is 13.2. The molecule has 4 rings (SSSR count). The predicted molar refractivity (Wildman–Crippen MR) is 191 cm³/mol. The maximum absolute atomic E-state index is 13.0. The molecule has 12 N–H and O–H groups in total. The Balaban J connectivity index is 1.40. The monoisotopic (exact) mass is 887 g/mol. The molecule has 2 fully saturated rings. The summed E-state index contributed by atoms with van der Waals surface area (Å²) in [5.74, 6) is -2.03. The summed E-state index contributed by atoms with van der Waals surface area (Å²) in [5.41, 5.74) is -2.80. The number of rotatable bonds is 19. The van der Waals surface area contributed by atoms with Crippen molar-refractivity contribution in [2.45, 2.75) is 93.9 Å². The van der Waals surface area contributed by atoms with E-state index in [1.807, 2.05) is 4.98 Å². The number of aliphatic hydroxyl groups excluding tert-OH is 6. The van der Waals surface area contributed by atoms with Crippen LogP contribution >= 0.6 is 15.6 Å². The fourth-order valence-corrected chi connectivity index (χ4v) is 7.95. The molecule has 0 spiro atoms. The molecule has 59 heavy (non-hydrogen) atoms. The lowest BCUT2D eigenvalue weighted by Crippen LogP contribution is -2.58. The van der Waals surface area contributed by atoms with Gasteiger partial charge in [0.25, 0.3) is 5.56 Å². The normalized spacial score (nSPS) is 28.3. The van der Waals surface area contributed by atoms with Crippen LogP contribution in [0.4, 0.5) is 5.69 Å². The third-order valence-electron chi connectivity index (χ3n) is 8.85. The summed E-state index contributed by atoms with van der Waals surface area (Å²) in [4.78, 5) is 83.8. The number of aromatic amines is 1. The van der Waals surface area contributed by atoms with Crippen LogP contribution in [0.25, 0.3) is 0 Å². The number of nitro groups is 1. The van der Waals surface area contributed by atoms with E-state index in [4.69, 9.17) is 9.47 Å². The Kier molecular flexibility index (Phi) is 16.2. The Morgan fingerprint density at radius 3 is 2.34 bits per heavy atom. The molecule has 27 nitrogen and oxygen atoms in total. The number of aryl methyl sites for hydroxylation is 1. The van der Waals surface area contributed by atoms with Crippen LogP contribution in [0.5, 0.6) is 5.75 Å². The molecule has 2 aliphatic heterocycles. The van der Waals surface area contributed by atoms with Gasteiger partial charge >= 0.3 is 27.0 Å². The molecular weight excluding hydrogens is 844 g/mol. The summed E-state index contributed by atoms with van der Waals surface area (Å²) in [6.45, 7) is -0.114. The first-order chi connectivity index (χ1) is 27.6. The van der Waals surface area contributed by atoms with E-state index in [0.717, 1.165) is 18.3 Å². The van der Waals surface area contributed by atoms with E-state index in [1.54, 1.807) is 6.92 Å². The molecule has 1 aromatic heterocycles. The fraction of sp³-hybridized carbons (Fsp3) is 0.600. The molecule has 0 bridgehead atoms. The fourth-order valence-electron chi connectivity index (χ4n) is 5.79. The van der Waals surface area contributed by atoms with E-state index < -0.39 is 136 Å². The Morgan fingerprint density at radius 2 is 1.69 bits per heavy atom. The van der Waals surface area contributed by atoms with Gasteiger partial charge in [-0.15, -0.1) is 0 Å². The Hall–Kier alpha value is -4.02. The van der Waals surface area contributed by atoms with Gasteiger partial charge in [0.05, 0.1) is 18.1 Å². The number of nitro benzene ring substituents is 1. The van der Waals surface area contributed by atoms with Crippen molar-refractivity contribution < 1.29 is 92.0 Å². The number of carbonyl (C=O) groups excluding carboxylic acids is 2. The van der Waals surface area contributed by atoms with Crippen molar-refractivity contribution in [3.8, 4) is 5.75 Å². The molecule has 0 radical (unpaired) electrons. The molecule has 1 aromatic carbocycles. The first-order valence-corrected chi connectivity index (χ1v) is 20.5. The van der Waals surface area contributed by atoms with E-state index in [1.165, 1.54) is 6.07 Å². The summed E-state index contributed by atoms with van der Waals surface area (Å²) in [7, 11) is -11.4. The summed E-state index contributed by atoms with van der Waals surface area (Å²) in [6.07, 6.45) is -17.2. The molecular formula is C30H43N5O22P2. The first-order valence-electron chi connectivity index (χ1n) is 17.5. The van der Waals surface area contributed by atoms with Crippen molar-refractivity contribution in [3.05, 3.63) is 66.5 Å². The molecule has 330 valence electrons. The lowest BCUT2D eigenvalue weighted by Gasteiger charge is -2.39. The molecule has 2 aliphatic rings. The Labute approximate surface area is 331 Å². The molecule has 12 atom stereocenters. The average Bonchev–Trinajstić information content (AvgIpc) is 3.44. The van der Waals surface area contributed by atoms with E-state index in [2.05, 4.69) is 24.0 Å². The summed E-state index contributed by atoms with van der Waals surface area (Å²) < 4.78 is 49.1. The number of phenols is 1. The number of aliphatic hydroxyl groups is 6. The van der Waals surface area contributed by atoms with E-state index in [0.29, 0.717) is 11.0 Å². The van der Waals surface area contributed by atoms with Crippen molar-refractivity contribution in [3.63, 3.8) is 0 Å². The molecule has 0 aliphatic carbocycles. The van der Waals surface area contributed by atoms with Crippen LogP contribution in [0.15, 0.2) is 34.0 Å². The zero-order valence-electron chi connectivity index (χ0n) is 30.7. The number of phosphoric ester groups is 2. The number of aromatic hydroxyl groups is 1. The summed E-state index contributed by atoms with van der Waals surface area (Å²) in [5, 5.41) is 86.3. The zero-order valence-corrected chi connectivity index (χ0v) is 32.4. The second-order valence-corrected chi connectivity index (χ2v) is 16.2. The number of hydrogen-bond acceptors (Lipinski definition) is 20. The van der Waals surface area contributed by atoms with Gasteiger partial charge in [-0.3, -0.25) is 43.1 Å². The Bertz CT molecular complexity index is 2050. The third-order valence-corrected chi connectivity index (χ3v) is 11.4. The SMILES string of the molecule is CCCNC(=O)C(Cc1ccc(O)c([N+](=O)[O-])c1)NC(=O)CCc1cn([C@@H]2O[C@H](COP(=O)(O)OP(=O)(O)O[C@H]3O[C@H](CO)[C@H](O)[C@H](O)[C@H]3O)[C@@H](O)[C@H]2O)c(=O)[nH]c1=O. The number of nitrogens with one attached hydrogen (secondary N) is 3. The number of H-pyrrole nitrogens is 1. The maximum Gasteiger partial charge on any atom is 0.483 e. The van der Waals surface area contributed by atoms with Gasteiger partial charge < -0.3 is 65.6 Å². The van der Waals surface area contributed by atoms with Gasteiger partial charge in [0.2, 0.25) is 11.8 Å². The highest BCUT2D eigenvalue weighted by molar-refractivity contribution is 7.61. The topological polar surface area (TPSA) is 419 Å². The van der Waals surface area contributed by atoms with Crippen LogP contribution in [-0.4, -0.2) is 147 Å². The van der Waals surface area contributed by atoms with Crippen LogP contribution in [0, 0.1) is 10.1 Å². The highest BCUT2D eigenvalue weighted by Gasteiger charge is 2.49. The lowest BCUT2D eigenvalue weighted by molar-refractivity contribution is -0.385. The molecule has 3 unspecified atom stereocenters. The number of benzene rings is 1. The molecule has 2 saturated heterocycles. The number of phenolic OH excluding ortho intramolecular Hbond substituents is 1. The number of phosphoric acid groups is 2. The van der Waals surface area contributed by atoms with Gasteiger partial charge in [-0.1, -0.05) is 13.0 Å². The van der Waals surface area contributed by atoms with Crippen LogP contribution in [0.1, 0.15) is 37.1 Å². The number of ether oxygens (including phenoxy) is 2. The van der Waals surface area contributed by atoms with Crippen LogP contribution in [0.3, 0.4) is 0 Å². The van der Waals surface area contributed by atoms with Gasteiger partial charge in [0, 0.05) is 37.2 Å². The maximum atomic E-state index is 13.0. The van der Waals surface area contributed by atoms with Crippen molar-refractivity contribution >= 4 is 33.1 Å². The number of aromatic nitrogens is 2. The summed E-state index contributed by atoms with van der Waals surface area (Å²) >= 11 is 0. The molecule has 3 heterocycles. The summed E-state index contributed by atoms with van der Waals surface area (Å²) in [6, 6.07) is 2.15. The lowest BCUT2D eigenvalue weighted by atomic mass is 10.00. The van der Waals surface area contributed by atoms with E-state index in [9.17, 15) is 84.0 Å². The number of hydrogen-bond donors (Lipinski definition) is 12. The Morgan fingerprint density at radius 1 is 1.02 bits per heavy atom. The van der Waals surface area contributed by atoms with Crippen molar-refractivity contribution in [2.75, 3.05) is 19.8 Å². The van der Waals surface area contributed by atoms with Crippen molar-refractivity contribution in [1.82, 2.24) is 20.2 Å².